The molecule has 0 aliphatic heterocycles. The fourth-order valence-corrected chi connectivity index (χ4v) is 5.97. The van der Waals surface area contributed by atoms with Gasteiger partial charge in [-0.05, 0) is 98.1 Å². The molecule has 0 radical (unpaired) electrons. The van der Waals surface area contributed by atoms with Gasteiger partial charge in [-0.2, -0.15) is 0 Å². The van der Waals surface area contributed by atoms with Crippen molar-refractivity contribution >= 4 is 6.16 Å². The molecule has 0 amide bonds. The summed E-state index contributed by atoms with van der Waals surface area (Å²) in [5.74, 6) is 4.05. The summed E-state index contributed by atoms with van der Waals surface area (Å²) in [7, 11) is 0. The number of hydrogen-bond acceptors (Lipinski definition) is 4. The third-order valence-corrected chi connectivity index (χ3v) is 7.95. The van der Waals surface area contributed by atoms with E-state index in [1.165, 1.54) is 51.4 Å². The highest BCUT2D eigenvalue weighted by molar-refractivity contribution is 5.67. The first-order valence-electron chi connectivity index (χ1n) is 13.9. The lowest BCUT2D eigenvalue weighted by Gasteiger charge is -2.37. The maximum absolute atomic E-state index is 12.4. The van der Waals surface area contributed by atoms with Crippen LogP contribution in [0.3, 0.4) is 0 Å². The lowest BCUT2D eigenvalue weighted by molar-refractivity contribution is 0.0238. The summed E-state index contributed by atoms with van der Waals surface area (Å²) in [5, 5.41) is 0. The van der Waals surface area contributed by atoms with Crippen molar-refractivity contribution in [2.75, 3.05) is 6.61 Å². The molecular formula is C31H42O4. The van der Waals surface area contributed by atoms with Gasteiger partial charge in [0, 0.05) is 0 Å². The smallest absolute Gasteiger partial charge is 0.494 e. The van der Waals surface area contributed by atoms with Gasteiger partial charge in [-0.25, -0.2) is 4.79 Å². The van der Waals surface area contributed by atoms with Crippen LogP contribution in [-0.4, -0.2) is 18.9 Å². The molecule has 35 heavy (non-hydrogen) atoms. The summed E-state index contributed by atoms with van der Waals surface area (Å²) in [6.07, 6.45) is 13.0. The molecule has 2 aliphatic carbocycles. The van der Waals surface area contributed by atoms with Gasteiger partial charge in [-0.3, -0.25) is 0 Å². The van der Waals surface area contributed by atoms with Crippen molar-refractivity contribution in [2.45, 2.75) is 90.6 Å². The Morgan fingerprint density at radius 3 is 1.80 bits per heavy atom. The second-order valence-corrected chi connectivity index (χ2v) is 10.5. The van der Waals surface area contributed by atoms with Gasteiger partial charge in [-0.1, -0.05) is 63.8 Å². The maximum atomic E-state index is 12.4. The van der Waals surface area contributed by atoms with Gasteiger partial charge >= 0.3 is 6.16 Å². The van der Waals surface area contributed by atoms with Gasteiger partial charge in [0.1, 0.15) is 17.6 Å². The fourth-order valence-electron chi connectivity index (χ4n) is 5.97. The first-order valence-corrected chi connectivity index (χ1v) is 13.9. The number of benzene rings is 2. The lowest BCUT2D eigenvalue weighted by atomic mass is 9.70. The van der Waals surface area contributed by atoms with E-state index < -0.39 is 6.16 Å². The summed E-state index contributed by atoms with van der Waals surface area (Å²) in [5.41, 5.74) is 2.16. The molecule has 0 heterocycles. The van der Waals surface area contributed by atoms with Crippen LogP contribution in [0.15, 0.2) is 48.5 Å². The highest BCUT2D eigenvalue weighted by atomic mass is 16.7. The van der Waals surface area contributed by atoms with Crippen molar-refractivity contribution in [2.24, 2.45) is 17.8 Å². The van der Waals surface area contributed by atoms with Crippen molar-refractivity contribution in [1.82, 2.24) is 0 Å². The third kappa shape index (κ3) is 7.49. The molecular weight excluding hydrogens is 436 g/mol. The molecule has 4 nitrogen and oxygen atoms in total. The minimum Gasteiger partial charge on any atom is -0.494 e. The van der Waals surface area contributed by atoms with Crippen LogP contribution < -0.4 is 9.47 Å². The van der Waals surface area contributed by atoms with Crippen LogP contribution in [0, 0.1) is 17.8 Å². The normalized spacial score (nSPS) is 24.5. The monoisotopic (exact) mass is 478 g/mol. The minimum absolute atomic E-state index is 0.0112. The molecule has 0 saturated heterocycles. The van der Waals surface area contributed by atoms with Gasteiger partial charge in [0.05, 0.1) is 6.61 Å². The fraction of sp³-hybridized carbons (Fsp3) is 0.581. The molecule has 190 valence electrons. The highest BCUT2D eigenvalue weighted by Crippen LogP contribution is 2.41. The average molecular weight is 479 g/mol. The second-order valence-electron chi connectivity index (χ2n) is 10.5. The summed E-state index contributed by atoms with van der Waals surface area (Å²) in [4.78, 5) is 12.4. The van der Waals surface area contributed by atoms with E-state index in [1.807, 2.05) is 48.5 Å². The van der Waals surface area contributed by atoms with Gasteiger partial charge < -0.3 is 14.2 Å². The van der Waals surface area contributed by atoms with Crippen molar-refractivity contribution in [3.8, 4) is 22.6 Å². The van der Waals surface area contributed by atoms with Crippen LogP contribution in [0.4, 0.5) is 4.79 Å². The lowest BCUT2D eigenvalue weighted by Crippen LogP contribution is -2.30. The van der Waals surface area contributed by atoms with Gasteiger partial charge in [-0.15, -0.1) is 0 Å². The Bertz CT molecular complexity index is 889. The van der Waals surface area contributed by atoms with E-state index in [1.54, 1.807) is 0 Å². The van der Waals surface area contributed by atoms with Crippen molar-refractivity contribution in [1.29, 1.82) is 0 Å². The van der Waals surface area contributed by atoms with E-state index in [-0.39, 0.29) is 6.10 Å². The molecule has 4 heteroatoms. The molecule has 2 aliphatic rings. The van der Waals surface area contributed by atoms with Crippen LogP contribution in [0.5, 0.6) is 11.5 Å². The molecule has 0 atom stereocenters. The molecule has 2 aromatic carbocycles. The van der Waals surface area contributed by atoms with Gasteiger partial charge in [0.15, 0.2) is 0 Å². The van der Waals surface area contributed by atoms with Gasteiger partial charge in [0.25, 0.3) is 0 Å². The van der Waals surface area contributed by atoms with Crippen LogP contribution >= 0.6 is 0 Å². The number of carbonyl (C=O) groups excluding carboxylic acids is 1. The largest absolute Gasteiger partial charge is 0.514 e. The number of rotatable bonds is 9. The molecule has 2 fully saturated rings. The van der Waals surface area contributed by atoms with Crippen LogP contribution in [0.25, 0.3) is 11.1 Å². The molecule has 4 rings (SSSR count). The average Bonchev–Trinajstić information content (AvgIpc) is 2.89. The van der Waals surface area contributed by atoms with Crippen molar-refractivity contribution in [3.63, 3.8) is 0 Å². The Kier molecular flexibility index (Phi) is 9.50. The summed E-state index contributed by atoms with van der Waals surface area (Å²) < 4.78 is 16.8. The zero-order chi connectivity index (χ0) is 24.5. The topological polar surface area (TPSA) is 44.8 Å². The van der Waals surface area contributed by atoms with Crippen LogP contribution in [0.2, 0.25) is 0 Å². The van der Waals surface area contributed by atoms with Crippen LogP contribution in [0.1, 0.15) is 84.5 Å². The Morgan fingerprint density at radius 1 is 0.714 bits per heavy atom. The standard InChI is InChI=1S/C31H42O4/c1-3-5-23-6-8-24(9-7-23)26-12-18-29(19-13-26)34-31(32)35-30-20-14-27(15-21-30)25-10-16-28(17-11-25)33-22-4-2/h10-11,14-17,20-21,23-24,26,29H,3-9,12-13,18-19,22H2,1-2H3/t23-,24-,26-,29-. The number of carbonyl (C=O) groups is 1. The van der Waals surface area contributed by atoms with E-state index in [0.717, 1.165) is 60.5 Å². The number of hydrogen-bond donors (Lipinski definition) is 0. The Hall–Kier alpha value is -2.49. The molecule has 0 N–H and O–H groups in total. The van der Waals surface area contributed by atoms with E-state index in [9.17, 15) is 4.79 Å². The maximum Gasteiger partial charge on any atom is 0.514 e. The molecule has 0 spiro atoms. The first kappa shape index (κ1) is 25.6. The molecule has 2 saturated carbocycles. The molecule has 0 unspecified atom stereocenters. The van der Waals surface area contributed by atoms with Crippen LogP contribution in [-0.2, 0) is 4.74 Å². The van der Waals surface area contributed by atoms with E-state index in [4.69, 9.17) is 14.2 Å². The quantitative estimate of drug-likeness (QED) is 0.267. The third-order valence-electron chi connectivity index (χ3n) is 7.95. The SMILES string of the molecule is CCCOc1ccc(-c2ccc(OC(=O)O[C@H]3CC[C@H]([C@H]4CC[C@H](CCC)CC4)CC3)cc2)cc1. The van der Waals surface area contributed by atoms with Gasteiger partial charge in [0.2, 0.25) is 0 Å². The Morgan fingerprint density at radius 2 is 1.26 bits per heavy atom. The minimum atomic E-state index is -0.585. The number of ether oxygens (including phenoxy) is 3. The molecule has 0 bridgehead atoms. The van der Waals surface area contributed by atoms with E-state index in [2.05, 4.69) is 13.8 Å². The summed E-state index contributed by atoms with van der Waals surface area (Å²) in [6, 6.07) is 15.6. The van der Waals surface area contributed by atoms with E-state index in [0.29, 0.717) is 5.75 Å². The van der Waals surface area contributed by atoms with Crippen molar-refractivity contribution in [3.05, 3.63) is 48.5 Å². The highest BCUT2D eigenvalue weighted by Gasteiger charge is 2.32. The summed E-state index contributed by atoms with van der Waals surface area (Å²) >= 11 is 0. The summed E-state index contributed by atoms with van der Waals surface area (Å²) in [6.45, 7) is 5.12. The zero-order valence-electron chi connectivity index (χ0n) is 21.5. The second kappa shape index (κ2) is 13.0. The first-order chi connectivity index (χ1) is 17.1. The predicted molar refractivity (Wildman–Crippen MR) is 141 cm³/mol. The Balaban J connectivity index is 1.19. The molecule has 2 aromatic rings. The molecule has 0 aromatic heterocycles. The zero-order valence-corrected chi connectivity index (χ0v) is 21.5. The predicted octanol–water partition coefficient (Wildman–Crippen LogP) is 8.82. The van der Waals surface area contributed by atoms with Crippen molar-refractivity contribution < 1.29 is 19.0 Å². The van der Waals surface area contributed by atoms with E-state index >= 15 is 0 Å². The Labute approximate surface area is 211 Å².